The van der Waals surface area contributed by atoms with Crippen molar-refractivity contribution in [2.45, 2.75) is 38.1 Å². The fraction of sp³-hybridized carbons (Fsp3) is 0.500. The van der Waals surface area contributed by atoms with Crippen molar-refractivity contribution in [1.29, 1.82) is 0 Å². The van der Waals surface area contributed by atoms with Crippen LogP contribution in [0.5, 0.6) is 0 Å². The van der Waals surface area contributed by atoms with Crippen molar-refractivity contribution < 1.29 is 9.90 Å². The summed E-state index contributed by atoms with van der Waals surface area (Å²) in [4.78, 5) is 13.3. The molecule has 1 aliphatic carbocycles. The predicted octanol–water partition coefficient (Wildman–Crippen LogP) is 2.74. The number of carbonyl (C=O) groups is 1. The summed E-state index contributed by atoms with van der Waals surface area (Å²) in [5, 5.41) is 9.26. The molecule has 98 valence electrons. The molecular formula is C14H20N2O2. The van der Waals surface area contributed by atoms with Gasteiger partial charge in [-0.15, -0.1) is 0 Å². The largest absolute Gasteiger partial charge is 0.478 e. The molecule has 0 atom stereocenters. The minimum Gasteiger partial charge on any atom is -0.478 e. The number of carboxylic acid groups (broad SMARTS) is 1. The average molecular weight is 248 g/mol. The minimum atomic E-state index is -0.917. The third kappa shape index (κ3) is 2.42. The number of rotatable bonds is 3. The summed E-state index contributed by atoms with van der Waals surface area (Å²) in [7, 11) is 1.95. The fourth-order valence-electron chi connectivity index (χ4n) is 2.78. The summed E-state index contributed by atoms with van der Waals surface area (Å²) in [5.74, 6) is -0.917. The second-order valence-corrected chi connectivity index (χ2v) is 4.95. The van der Waals surface area contributed by atoms with Crippen molar-refractivity contribution in [2.75, 3.05) is 17.7 Å². The number of hydrogen-bond donors (Lipinski definition) is 2. The van der Waals surface area contributed by atoms with Crippen LogP contribution in [0.25, 0.3) is 0 Å². The van der Waals surface area contributed by atoms with E-state index in [1.54, 1.807) is 18.2 Å². The Balaban J connectivity index is 2.33. The Kier molecular flexibility index (Phi) is 3.75. The third-order valence-electron chi connectivity index (χ3n) is 3.77. The molecule has 0 bridgehead atoms. The van der Waals surface area contributed by atoms with Crippen LogP contribution >= 0.6 is 0 Å². The molecule has 2 rings (SSSR count). The molecule has 1 aromatic carbocycles. The maximum absolute atomic E-state index is 11.3. The van der Waals surface area contributed by atoms with Crippen molar-refractivity contribution in [2.24, 2.45) is 0 Å². The van der Waals surface area contributed by atoms with Gasteiger partial charge in [0.25, 0.3) is 0 Å². The van der Waals surface area contributed by atoms with Crippen molar-refractivity contribution >= 4 is 17.3 Å². The lowest BCUT2D eigenvalue weighted by Crippen LogP contribution is -2.34. The van der Waals surface area contributed by atoms with Crippen LogP contribution in [0.1, 0.15) is 42.5 Å². The molecule has 1 aliphatic rings. The zero-order valence-electron chi connectivity index (χ0n) is 10.7. The van der Waals surface area contributed by atoms with Gasteiger partial charge in [-0.25, -0.2) is 4.79 Å². The van der Waals surface area contributed by atoms with Gasteiger partial charge in [-0.1, -0.05) is 25.3 Å². The van der Waals surface area contributed by atoms with E-state index in [9.17, 15) is 9.90 Å². The van der Waals surface area contributed by atoms with Gasteiger partial charge in [0.05, 0.1) is 16.9 Å². The fourth-order valence-corrected chi connectivity index (χ4v) is 2.78. The lowest BCUT2D eigenvalue weighted by Gasteiger charge is -2.34. The lowest BCUT2D eigenvalue weighted by molar-refractivity contribution is 0.0697. The topological polar surface area (TPSA) is 66.6 Å². The number of hydrogen-bond acceptors (Lipinski definition) is 3. The van der Waals surface area contributed by atoms with E-state index in [0.29, 0.717) is 23.0 Å². The molecule has 1 aromatic rings. The normalized spacial score (nSPS) is 16.5. The molecule has 18 heavy (non-hydrogen) atoms. The van der Waals surface area contributed by atoms with E-state index in [1.807, 2.05) is 7.05 Å². The van der Waals surface area contributed by atoms with E-state index in [1.165, 1.54) is 19.3 Å². The summed E-state index contributed by atoms with van der Waals surface area (Å²) in [6, 6.07) is 5.48. The van der Waals surface area contributed by atoms with E-state index < -0.39 is 5.97 Å². The van der Waals surface area contributed by atoms with Gasteiger partial charge in [0, 0.05) is 13.1 Å². The number of para-hydroxylation sites is 1. The molecule has 1 saturated carbocycles. The van der Waals surface area contributed by atoms with E-state index in [4.69, 9.17) is 5.73 Å². The number of nitrogen functional groups attached to an aromatic ring is 1. The molecule has 1 fully saturated rings. The zero-order chi connectivity index (χ0) is 13.1. The molecule has 0 amide bonds. The van der Waals surface area contributed by atoms with Gasteiger partial charge in [-0.3, -0.25) is 0 Å². The summed E-state index contributed by atoms with van der Waals surface area (Å²) in [6.45, 7) is 0. The van der Waals surface area contributed by atoms with Crippen LogP contribution in [0.3, 0.4) is 0 Å². The van der Waals surface area contributed by atoms with E-state index >= 15 is 0 Å². The van der Waals surface area contributed by atoms with E-state index in [0.717, 1.165) is 12.8 Å². The summed E-state index contributed by atoms with van der Waals surface area (Å²) >= 11 is 0. The Morgan fingerprint density at radius 1 is 1.33 bits per heavy atom. The maximum Gasteiger partial charge on any atom is 0.337 e. The van der Waals surface area contributed by atoms with Gasteiger partial charge < -0.3 is 15.7 Å². The SMILES string of the molecule is CN(c1c(N)cccc1C(=O)O)C1CCCCC1. The van der Waals surface area contributed by atoms with Gasteiger partial charge in [-0.2, -0.15) is 0 Å². The number of carboxylic acids is 1. The smallest absolute Gasteiger partial charge is 0.337 e. The molecular weight excluding hydrogens is 228 g/mol. The highest BCUT2D eigenvalue weighted by molar-refractivity contribution is 5.98. The van der Waals surface area contributed by atoms with Gasteiger partial charge in [0.2, 0.25) is 0 Å². The summed E-state index contributed by atoms with van der Waals surface area (Å²) in [5.41, 5.74) is 7.46. The highest BCUT2D eigenvalue weighted by atomic mass is 16.4. The quantitative estimate of drug-likeness (QED) is 0.807. The van der Waals surface area contributed by atoms with Crippen molar-refractivity contribution in [1.82, 2.24) is 0 Å². The van der Waals surface area contributed by atoms with Gasteiger partial charge >= 0.3 is 5.97 Å². The predicted molar refractivity (Wildman–Crippen MR) is 73.1 cm³/mol. The molecule has 0 unspecified atom stereocenters. The monoisotopic (exact) mass is 248 g/mol. The van der Waals surface area contributed by atoms with Gasteiger partial charge in [0.15, 0.2) is 0 Å². The van der Waals surface area contributed by atoms with E-state index in [2.05, 4.69) is 4.90 Å². The van der Waals surface area contributed by atoms with Crippen molar-refractivity contribution in [3.63, 3.8) is 0 Å². The average Bonchev–Trinajstić information content (AvgIpc) is 2.38. The Hall–Kier alpha value is -1.71. The maximum atomic E-state index is 11.3. The number of aromatic carboxylic acids is 1. The van der Waals surface area contributed by atoms with Crippen LogP contribution in [-0.4, -0.2) is 24.2 Å². The number of benzene rings is 1. The van der Waals surface area contributed by atoms with Crippen LogP contribution in [-0.2, 0) is 0 Å². The molecule has 4 heteroatoms. The van der Waals surface area contributed by atoms with Crippen LogP contribution in [0, 0.1) is 0 Å². The molecule has 0 saturated heterocycles. The number of nitrogens with two attached hydrogens (primary N) is 1. The molecule has 0 radical (unpaired) electrons. The number of anilines is 2. The highest BCUT2D eigenvalue weighted by Gasteiger charge is 2.23. The second kappa shape index (κ2) is 5.29. The van der Waals surface area contributed by atoms with Crippen molar-refractivity contribution in [3.8, 4) is 0 Å². The number of nitrogens with zero attached hydrogens (tertiary/aromatic N) is 1. The minimum absolute atomic E-state index is 0.295. The summed E-state index contributed by atoms with van der Waals surface area (Å²) < 4.78 is 0. The first-order valence-corrected chi connectivity index (χ1v) is 6.46. The Morgan fingerprint density at radius 3 is 2.61 bits per heavy atom. The van der Waals surface area contributed by atoms with Gasteiger partial charge in [0.1, 0.15) is 0 Å². The van der Waals surface area contributed by atoms with Gasteiger partial charge in [-0.05, 0) is 25.0 Å². The molecule has 0 spiro atoms. The Morgan fingerprint density at radius 2 is 2.00 bits per heavy atom. The standard InChI is InChI=1S/C14H20N2O2/c1-16(10-6-3-2-4-7-10)13-11(14(17)18)8-5-9-12(13)15/h5,8-10H,2-4,6-7,15H2,1H3,(H,17,18). The van der Waals surface area contributed by atoms with Crippen LogP contribution in [0.15, 0.2) is 18.2 Å². The highest BCUT2D eigenvalue weighted by Crippen LogP contribution is 2.32. The zero-order valence-corrected chi connectivity index (χ0v) is 10.7. The van der Waals surface area contributed by atoms with E-state index in [-0.39, 0.29) is 0 Å². The first-order valence-electron chi connectivity index (χ1n) is 6.46. The molecule has 0 heterocycles. The Labute approximate surface area is 107 Å². The van der Waals surface area contributed by atoms with Crippen LogP contribution in [0.2, 0.25) is 0 Å². The molecule has 3 N–H and O–H groups in total. The molecule has 0 aromatic heterocycles. The lowest BCUT2D eigenvalue weighted by atomic mass is 9.93. The summed E-state index contributed by atoms with van der Waals surface area (Å²) in [6.07, 6.45) is 5.93. The van der Waals surface area contributed by atoms with Crippen molar-refractivity contribution in [3.05, 3.63) is 23.8 Å². The second-order valence-electron chi connectivity index (χ2n) is 4.95. The van der Waals surface area contributed by atoms with Crippen LogP contribution in [0.4, 0.5) is 11.4 Å². The Bertz CT molecular complexity index is 439. The first kappa shape index (κ1) is 12.7. The third-order valence-corrected chi connectivity index (χ3v) is 3.77. The molecule has 0 aliphatic heterocycles. The molecule has 4 nitrogen and oxygen atoms in total. The first-order chi connectivity index (χ1) is 8.61. The van der Waals surface area contributed by atoms with Crippen LogP contribution < -0.4 is 10.6 Å².